The molecule has 2 amide bonds. The van der Waals surface area contributed by atoms with Crippen molar-refractivity contribution < 1.29 is 9.59 Å². The van der Waals surface area contributed by atoms with Crippen LogP contribution < -0.4 is 5.32 Å². The molecule has 2 aromatic rings. The number of rotatable bonds is 3. The van der Waals surface area contributed by atoms with E-state index >= 15 is 0 Å². The second-order valence-corrected chi connectivity index (χ2v) is 6.84. The van der Waals surface area contributed by atoms with E-state index in [-0.39, 0.29) is 17.9 Å². The fourth-order valence-corrected chi connectivity index (χ4v) is 3.76. The van der Waals surface area contributed by atoms with Crippen molar-refractivity contribution in [3.63, 3.8) is 0 Å². The molecule has 7 heteroatoms. The molecule has 4 rings (SSSR count). The summed E-state index contributed by atoms with van der Waals surface area (Å²) in [6, 6.07) is 11.7. The number of hydrogen-bond acceptors (Lipinski definition) is 4. The number of hydrogen-bond donors (Lipinski definition) is 2. The first-order valence-electron chi connectivity index (χ1n) is 9.12. The molecule has 2 aliphatic heterocycles. The molecular weight excluding hydrogens is 330 g/mol. The second kappa shape index (κ2) is 7.29. The molecule has 0 bridgehead atoms. The van der Waals surface area contributed by atoms with E-state index in [4.69, 9.17) is 0 Å². The Kier molecular flexibility index (Phi) is 4.71. The molecule has 1 unspecified atom stereocenters. The van der Waals surface area contributed by atoms with Crippen LogP contribution in [-0.4, -0.2) is 70.6 Å². The van der Waals surface area contributed by atoms with Crippen molar-refractivity contribution in [1.29, 1.82) is 0 Å². The van der Waals surface area contributed by atoms with Crippen LogP contribution >= 0.6 is 0 Å². The maximum absolute atomic E-state index is 12.9. The molecule has 1 aromatic carbocycles. The standard InChI is InChI=1S/C19H23N5O2/c25-18-12-20-8-10-24(18)15-7-4-9-23(13-15)19(26)17-11-16(21-22-17)14-5-2-1-3-6-14/h1-3,5-6,11,15,20H,4,7-10,12-13H2,(H,21,22). The van der Waals surface area contributed by atoms with E-state index in [0.29, 0.717) is 25.3 Å². The normalized spacial score (nSPS) is 21.1. The highest BCUT2D eigenvalue weighted by Crippen LogP contribution is 2.21. The third kappa shape index (κ3) is 3.35. The van der Waals surface area contributed by atoms with Crippen LogP contribution in [0.2, 0.25) is 0 Å². The fourth-order valence-electron chi connectivity index (χ4n) is 3.76. The van der Waals surface area contributed by atoms with Crippen LogP contribution in [-0.2, 0) is 4.79 Å². The van der Waals surface area contributed by atoms with E-state index in [1.165, 1.54) is 0 Å². The molecule has 1 aromatic heterocycles. The average molecular weight is 353 g/mol. The summed E-state index contributed by atoms with van der Waals surface area (Å²) < 4.78 is 0. The lowest BCUT2D eigenvalue weighted by Crippen LogP contribution is -2.57. The van der Waals surface area contributed by atoms with E-state index in [1.807, 2.05) is 40.1 Å². The SMILES string of the molecule is O=C(c1cc(-c2ccccc2)n[nH]1)N1CCCC(N2CCNCC2=O)C1. The summed E-state index contributed by atoms with van der Waals surface area (Å²) in [5.74, 6) is 0.0791. The molecule has 2 N–H and O–H groups in total. The van der Waals surface area contributed by atoms with Crippen LogP contribution in [0.15, 0.2) is 36.4 Å². The number of piperazine rings is 1. The molecule has 0 spiro atoms. The smallest absolute Gasteiger partial charge is 0.271 e. The zero-order valence-corrected chi connectivity index (χ0v) is 14.6. The molecule has 1 atom stereocenters. The number of aromatic nitrogens is 2. The maximum Gasteiger partial charge on any atom is 0.271 e. The van der Waals surface area contributed by atoms with Gasteiger partial charge in [0.1, 0.15) is 5.69 Å². The van der Waals surface area contributed by atoms with Gasteiger partial charge < -0.3 is 15.1 Å². The van der Waals surface area contributed by atoms with E-state index in [9.17, 15) is 9.59 Å². The fraction of sp³-hybridized carbons (Fsp3) is 0.421. The van der Waals surface area contributed by atoms with Gasteiger partial charge in [0.15, 0.2) is 0 Å². The summed E-state index contributed by atoms with van der Waals surface area (Å²) >= 11 is 0. The van der Waals surface area contributed by atoms with Gasteiger partial charge in [-0.3, -0.25) is 14.7 Å². The Morgan fingerprint density at radius 2 is 2.04 bits per heavy atom. The van der Waals surface area contributed by atoms with Crippen molar-refractivity contribution >= 4 is 11.8 Å². The van der Waals surface area contributed by atoms with Crippen molar-refractivity contribution in [1.82, 2.24) is 25.3 Å². The van der Waals surface area contributed by atoms with Crippen LogP contribution in [0.25, 0.3) is 11.3 Å². The highest BCUT2D eigenvalue weighted by Gasteiger charge is 2.32. The third-order valence-electron chi connectivity index (χ3n) is 5.13. The number of amides is 2. The van der Waals surface area contributed by atoms with Gasteiger partial charge in [0.25, 0.3) is 5.91 Å². The molecule has 0 saturated carbocycles. The zero-order valence-electron chi connectivity index (χ0n) is 14.6. The van der Waals surface area contributed by atoms with Crippen molar-refractivity contribution in [3.8, 4) is 11.3 Å². The minimum atomic E-state index is -0.0491. The monoisotopic (exact) mass is 353 g/mol. The lowest BCUT2D eigenvalue weighted by Gasteiger charge is -2.41. The van der Waals surface area contributed by atoms with Crippen molar-refractivity contribution in [3.05, 3.63) is 42.1 Å². The van der Waals surface area contributed by atoms with Crippen molar-refractivity contribution in [2.24, 2.45) is 0 Å². The first kappa shape index (κ1) is 16.8. The molecular formula is C19H23N5O2. The van der Waals surface area contributed by atoms with Crippen molar-refractivity contribution in [2.75, 3.05) is 32.7 Å². The molecule has 2 aliphatic rings. The van der Waals surface area contributed by atoms with Gasteiger partial charge in [0.05, 0.1) is 12.2 Å². The number of nitrogens with zero attached hydrogens (tertiary/aromatic N) is 3. The van der Waals surface area contributed by atoms with Gasteiger partial charge in [0, 0.05) is 37.8 Å². The first-order chi connectivity index (χ1) is 12.7. The average Bonchev–Trinajstić information content (AvgIpc) is 3.19. The Hall–Kier alpha value is -2.67. The number of piperidine rings is 1. The van der Waals surface area contributed by atoms with Crippen LogP contribution in [0.4, 0.5) is 0 Å². The molecule has 2 fully saturated rings. The van der Waals surface area contributed by atoms with E-state index in [2.05, 4.69) is 15.5 Å². The topological polar surface area (TPSA) is 81.3 Å². The summed E-state index contributed by atoms with van der Waals surface area (Å²) in [6.45, 7) is 3.23. The zero-order chi connectivity index (χ0) is 17.9. The lowest BCUT2D eigenvalue weighted by molar-refractivity contribution is -0.135. The first-order valence-corrected chi connectivity index (χ1v) is 9.12. The van der Waals surface area contributed by atoms with Crippen molar-refractivity contribution in [2.45, 2.75) is 18.9 Å². The molecule has 0 aliphatic carbocycles. The highest BCUT2D eigenvalue weighted by atomic mass is 16.2. The van der Waals surface area contributed by atoms with Crippen LogP contribution in [0.3, 0.4) is 0 Å². The number of aromatic amines is 1. The third-order valence-corrected chi connectivity index (χ3v) is 5.13. The number of nitrogens with one attached hydrogen (secondary N) is 2. The Bertz CT molecular complexity index is 788. The van der Waals surface area contributed by atoms with Gasteiger partial charge in [-0.1, -0.05) is 30.3 Å². The van der Waals surface area contributed by atoms with Gasteiger partial charge in [0.2, 0.25) is 5.91 Å². The number of likely N-dealkylation sites (tertiary alicyclic amines) is 1. The molecule has 26 heavy (non-hydrogen) atoms. The molecule has 0 radical (unpaired) electrons. The predicted molar refractivity (Wildman–Crippen MR) is 97.5 cm³/mol. The Morgan fingerprint density at radius 3 is 2.85 bits per heavy atom. The number of benzene rings is 1. The van der Waals surface area contributed by atoms with Crippen LogP contribution in [0.5, 0.6) is 0 Å². The number of carbonyl (C=O) groups is 2. The van der Waals surface area contributed by atoms with Gasteiger partial charge in [-0.25, -0.2) is 0 Å². The molecule has 3 heterocycles. The summed E-state index contributed by atoms with van der Waals surface area (Å²) in [5.41, 5.74) is 2.24. The van der Waals surface area contributed by atoms with Crippen LogP contribution in [0, 0.1) is 0 Å². The number of H-pyrrole nitrogens is 1. The van der Waals surface area contributed by atoms with E-state index in [1.54, 1.807) is 6.07 Å². The minimum Gasteiger partial charge on any atom is -0.336 e. The summed E-state index contributed by atoms with van der Waals surface area (Å²) in [6.07, 6.45) is 1.86. The van der Waals surface area contributed by atoms with Crippen LogP contribution in [0.1, 0.15) is 23.3 Å². The van der Waals surface area contributed by atoms with Gasteiger partial charge >= 0.3 is 0 Å². The van der Waals surface area contributed by atoms with Gasteiger partial charge in [-0.2, -0.15) is 5.10 Å². The highest BCUT2D eigenvalue weighted by molar-refractivity contribution is 5.93. The summed E-state index contributed by atoms with van der Waals surface area (Å²) in [7, 11) is 0. The second-order valence-electron chi connectivity index (χ2n) is 6.84. The molecule has 136 valence electrons. The summed E-state index contributed by atoms with van der Waals surface area (Å²) in [5, 5.41) is 10.2. The van der Waals surface area contributed by atoms with E-state index < -0.39 is 0 Å². The maximum atomic E-state index is 12.9. The quantitative estimate of drug-likeness (QED) is 0.866. The molecule has 7 nitrogen and oxygen atoms in total. The summed E-state index contributed by atoms with van der Waals surface area (Å²) in [4.78, 5) is 28.8. The minimum absolute atomic E-state index is 0.0491. The molecule has 2 saturated heterocycles. The number of carbonyl (C=O) groups excluding carboxylic acids is 2. The Morgan fingerprint density at radius 1 is 1.19 bits per heavy atom. The largest absolute Gasteiger partial charge is 0.336 e. The van der Waals surface area contributed by atoms with Gasteiger partial charge in [-0.15, -0.1) is 0 Å². The van der Waals surface area contributed by atoms with E-state index in [0.717, 1.165) is 37.2 Å². The lowest BCUT2D eigenvalue weighted by atomic mass is 10.0. The predicted octanol–water partition coefficient (Wildman–Crippen LogP) is 1.11. The van der Waals surface area contributed by atoms with Gasteiger partial charge in [-0.05, 0) is 18.9 Å². The Labute approximate surface area is 152 Å². The Balaban J connectivity index is 1.46.